The molecule has 1 N–H and O–H groups in total. The lowest BCUT2D eigenvalue weighted by atomic mass is 9.97. The minimum atomic E-state index is -0.469. The van der Waals surface area contributed by atoms with E-state index in [0.717, 1.165) is 36.1 Å². The normalized spacial score (nSPS) is 12.2. The second-order valence-electron chi connectivity index (χ2n) is 5.52. The van der Waals surface area contributed by atoms with Gasteiger partial charge in [0, 0.05) is 5.56 Å². The molecule has 2 nitrogen and oxygen atoms in total. The van der Waals surface area contributed by atoms with Gasteiger partial charge in [-0.3, -0.25) is 0 Å². The molecule has 0 spiro atoms. The average molecular weight is 284 g/mol. The summed E-state index contributed by atoms with van der Waals surface area (Å²) in [6.07, 6.45) is 2.23. The van der Waals surface area contributed by atoms with Crippen LogP contribution >= 0.6 is 0 Å². The first-order chi connectivity index (χ1) is 10.1. The smallest absolute Gasteiger partial charge is 0.127 e. The number of rotatable bonds is 6. The quantitative estimate of drug-likeness (QED) is 0.853. The molecule has 0 aromatic heterocycles. The van der Waals surface area contributed by atoms with E-state index in [1.165, 1.54) is 11.1 Å². The minimum Gasteiger partial charge on any atom is -0.496 e. The molecular formula is C19H24O2. The summed E-state index contributed by atoms with van der Waals surface area (Å²) in [7, 11) is 1.67. The average Bonchev–Trinajstić information content (AvgIpc) is 2.50. The summed E-state index contributed by atoms with van der Waals surface area (Å²) in [6.45, 7) is 4.10. The third-order valence-electron chi connectivity index (χ3n) is 4.06. The SMILES string of the molecule is COc1c(C(O)CCCc2ccccc2)ccc(C)c1C. The third-order valence-corrected chi connectivity index (χ3v) is 4.06. The highest BCUT2D eigenvalue weighted by atomic mass is 16.5. The third kappa shape index (κ3) is 3.85. The van der Waals surface area contributed by atoms with Crippen LogP contribution < -0.4 is 4.74 Å². The molecule has 0 radical (unpaired) electrons. The van der Waals surface area contributed by atoms with Gasteiger partial charge in [-0.2, -0.15) is 0 Å². The monoisotopic (exact) mass is 284 g/mol. The summed E-state index contributed by atoms with van der Waals surface area (Å²) in [5.41, 5.74) is 4.51. The molecule has 1 atom stereocenters. The van der Waals surface area contributed by atoms with Gasteiger partial charge in [0.2, 0.25) is 0 Å². The zero-order valence-electron chi connectivity index (χ0n) is 13.1. The molecule has 0 aliphatic rings. The van der Waals surface area contributed by atoms with Gasteiger partial charge in [-0.15, -0.1) is 0 Å². The summed E-state index contributed by atoms with van der Waals surface area (Å²) in [5, 5.41) is 10.4. The number of methoxy groups -OCH3 is 1. The van der Waals surface area contributed by atoms with Crippen molar-refractivity contribution in [3.05, 3.63) is 64.7 Å². The Kier molecular flexibility index (Phi) is 5.40. The van der Waals surface area contributed by atoms with Crippen LogP contribution in [0.5, 0.6) is 5.75 Å². The fraction of sp³-hybridized carbons (Fsp3) is 0.368. The Morgan fingerprint density at radius 2 is 1.76 bits per heavy atom. The summed E-state index contributed by atoms with van der Waals surface area (Å²) in [6, 6.07) is 14.4. The Labute approximate surface area is 127 Å². The number of aryl methyl sites for hydroxylation is 2. The molecule has 0 heterocycles. The Bertz CT molecular complexity index is 576. The lowest BCUT2D eigenvalue weighted by Gasteiger charge is -2.18. The van der Waals surface area contributed by atoms with E-state index in [1.54, 1.807) is 7.11 Å². The molecule has 2 heteroatoms. The van der Waals surface area contributed by atoms with E-state index < -0.39 is 6.10 Å². The molecule has 0 aliphatic heterocycles. The molecule has 21 heavy (non-hydrogen) atoms. The maximum absolute atomic E-state index is 10.4. The molecule has 0 bridgehead atoms. The van der Waals surface area contributed by atoms with Crippen molar-refractivity contribution in [2.24, 2.45) is 0 Å². The molecule has 0 amide bonds. The molecule has 0 aliphatic carbocycles. The van der Waals surface area contributed by atoms with Gasteiger partial charge in [-0.25, -0.2) is 0 Å². The zero-order valence-corrected chi connectivity index (χ0v) is 13.1. The van der Waals surface area contributed by atoms with E-state index in [0.29, 0.717) is 0 Å². The molecule has 2 aromatic rings. The first kappa shape index (κ1) is 15.6. The molecule has 0 saturated heterocycles. The number of ether oxygens (including phenoxy) is 1. The van der Waals surface area contributed by atoms with Crippen LogP contribution in [0.2, 0.25) is 0 Å². The van der Waals surface area contributed by atoms with Crippen molar-refractivity contribution in [1.29, 1.82) is 0 Å². The van der Waals surface area contributed by atoms with Gasteiger partial charge in [0.25, 0.3) is 0 Å². The van der Waals surface area contributed by atoms with E-state index in [9.17, 15) is 5.11 Å². The van der Waals surface area contributed by atoms with Crippen molar-refractivity contribution in [1.82, 2.24) is 0 Å². The molecule has 0 fully saturated rings. The van der Waals surface area contributed by atoms with Gasteiger partial charge in [-0.05, 0) is 49.8 Å². The van der Waals surface area contributed by atoms with Crippen molar-refractivity contribution in [3.8, 4) is 5.75 Å². The van der Waals surface area contributed by atoms with Crippen LogP contribution in [0.15, 0.2) is 42.5 Å². The number of hydrogen-bond acceptors (Lipinski definition) is 2. The second-order valence-corrected chi connectivity index (χ2v) is 5.52. The van der Waals surface area contributed by atoms with E-state index in [-0.39, 0.29) is 0 Å². The van der Waals surface area contributed by atoms with Crippen molar-refractivity contribution in [2.75, 3.05) is 7.11 Å². The first-order valence-corrected chi connectivity index (χ1v) is 7.49. The van der Waals surface area contributed by atoms with Crippen LogP contribution in [0.25, 0.3) is 0 Å². The predicted molar refractivity (Wildman–Crippen MR) is 86.8 cm³/mol. The first-order valence-electron chi connectivity index (χ1n) is 7.49. The fourth-order valence-electron chi connectivity index (χ4n) is 2.64. The Hall–Kier alpha value is -1.80. The summed E-state index contributed by atoms with van der Waals surface area (Å²) in [5.74, 6) is 0.821. The Balaban J connectivity index is 2.00. The number of benzene rings is 2. The van der Waals surface area contributed by atoms with E-state index in [4.69, 9.17) is 4.74 Å². The number of hydrogen-bond donors (Lipinski definition) is 1. The fourth-order valence-corrected chi connectivity index (χ4v) is 2.64. The topological polar surface area (TPSA) is 29.5 Å². The van der Waals surface area contributed by atoms with Crippen LogP contribution in [0.1, 0.15) is 41.2 Å². The maximum atomic E-state index is 10.4. The predicted octanol–water partition coefficient (Wildman–Crippen LogP) is 4.37. The number of aliphatic hydroxyl groups is 1. The zero-order chi connectivity index (χ0) is 15.2. The van der Waals surface area contributed by atoms with E-state index >= 15 is 0 Å². The Morgan fingerprint density at radius 3 is 2.43 bits per heavy atom. The van der Waals surface area contributed by atoms with Crippen LogP contribution in [0, 0.1) is 13.8 Å². The van der Waals surface area contributed by atoms with Crippen LogP contribution in [-0.4, -0.2) is 12.2 Å². The molecule has 1 unspecified atom stereocenters. The maximum Gasteiger partial charge on any atom is 0.127 e. The highest BCUT2D eigenvalue weighted by Crippen LogP contribution is 2.32. The van der Waals surface area contributed by atoms with Crippen molar-refractivity contribution < 1.29 is 9.84 Å². The highest BCUT2D eigenvalue weighted by molar-refractivity contribution is 5.46. The van der Waals surface area contributed by atoms with Gasteiger partial charge < -0.3 is 9.84 Å². The largest absolute Gasteiger partial charge is 0.496 e. The van der Waals surface area contributed by atoms with Crippen LogP contribution in [-0.2, 0) is 6.42 Å². The molecule has 0 saturated carbocycles. The number of aliphatic hydroxyl groups excluding tert-OH is 1. The molecule has 2 aromatic carbocycles. The summed E-state index contributed by atoms with van der Waals surface area (Å²) < 4.78 is 5.48. The standard InChI is InChI=1S/C19H24O2/c1-14-12-13-17(19(21-3)15(14)2)18(20)11-7-10-16-8-5-4-6-9-16/h4-6,8-9,12-13,18,20H,7,10-11H2,1-3H3. The second kappa shape index (κ2) is 7.28. The van der Waals surface area contributed by atoms with E-state index in [1.807, 2.05) is 25.1 Å². The van der Waals surface area contributed by atoms with Crippen molar-refractivity contribution in [2.45, 2.75) is 39.2 Å². The van der Waals surface area contributed by atoms with E-state index in [2.05, 4.69) is 31.2 Å². The minimum absolute atomic E-state index is 0.469. The summed E-state index contributed by atoms with van der Waals surface area (Å²) in [4.78, 5) is 0. The summed E-state index contributed by atoms with van der Waals surface area (Å²) >= 11 is 0. The highest BCUT2D eigenvalue weighted by Gasteiger charge is 2.15. The molecule has 2 rings (SSSR count). The molecule has 112 valence electrons. The Morgan fingerprint density at radius 1 is 1.05 bits per heavy atom. The van der Waals surface area contributed by atoms with Gasteiger partial charge in [0.15, 0.2) is 0 Å². The van der Waals surface area contributed by atoms with Crippen LogP contribution in [0.4, 0.5) is 0 Å². The van der Waals surface area contributed by atoms with Crippen molar-refractivity contribution >= 4 is 0 Å². The lowest BCUT2D eigenvalue weighted by Crippen LogP contribution is -2.04. The van der Waals surface area contributed by atoms with Gasteiger partial charge in [-0.1, -0.05) is 42.5 Å². The van der Waals surface area contributed by atoms with Crippen molar-refractivity contribution in [3.63, 3.8) is 0 Å². The van der Waals surface area contributed by atoms with Gasteiger partial charge >= 0.3 is 0 Å². The lowest BCUT2D eigenvalue weighted by molar-refractivity contribution is 0.160. The van der Waals surface area contributed by atoms with Gasteiger partial charge in [0.05, 0.1) is 13.2 Å². The van der Waals surface area contributed by atoms with Crippen LogP contribution in [0.3, 0.4) is 0 Å². The van der Waals surface area contributed by atoms with Gasteiger partial charge in [0.1, 0.15) is 5.75 Å². The molecular weight excluding hydrogens is 260 g/mol.